The van der Waals surface area contributed by atoms with E-state index in [-0.39, 0.29) is 27.8 Å². The molecule has 170 valence electrons. The lowest BCUT2D eigenvalue weighted by Gasteiger charge is -2.33. The number of anilines is 2. The average Bonchev–Trinajstić information content (AvgIpc) is 3.10. The van der Waals surface area contributed by atoms with Crippen molar-refractivity contribution in [3.63, 3.8) is 0 Å². The van der Waals surface area contributed by atoms with Crippen LogP contribution < -0.4 is 9.80 Å². The van der Waals surface area contributed by atoms with E-state index >= 15 is 0 Å². The van der Waals surface area contributed by atoms with Gasteiger partial charge in [0.1, 0.15) is 5.69 Å². The molecule has 7 heteroatoms. The molecule has 0 saturated carbocycles. The fourth-order valence-electron chi connectivity index (χ4n) is 5.20. The third-order valence-electron chi connectivity index (χ3n) is 6.92. The predicted molar refractivity (Wildman–Crippen MR) is 128 cm³/mol. The number of allylic oxidation sites excluding steroid dienone is 1. The van der Waals surface area contributed by atoms with Crippen LogP contribution in [0.3, 0.4) is 0 Å². The highest BCUT2D eigenvalue weighted by atomic mass is 16.6. The topological polar surface area (TPSA) is 83.8 Å². The number of ketones is 2. The van der Waals surface area contributed by atoms with E-state index in [2.05, 4.69) is 9.80 Å². The highest BCUT2D eigenvalue weighted by Crippen LogP contribution is 2.40. The fourth-order valence-corrected chi connectivity index (χ4v) is 5.20. The molecule has 0 N–H and O–H groups in total. The monoisotopic (exact) mass is 445 g/mol. The number of carbonyl (C=O) groups is 2. The average molecular weight is 446 g/mol. The Balaban J connectivity index is 1.65. The standard InChI is InChI=1S/C26H27N3O4/c30-25-19-9-3-4-10-20(19)26(31)21(25)15-18-16-24(29(32)33)23(28-13-7-2-8-14-28)17-22(18)27-11-5-1-6-12-27/h3-4,9-10,15-17H,1-2,5-8,11-14H2. The highest BCUT2D eigenvalue weighted by Gasteiger charge is 2.34. The van der Waals surface area contributed by atoms with Crippen LogP contribution in [0.15, 0.2) is 42.0 Å². The van der Waals surface area contributed by atoms with E-state index in [9.17, 15) is 19.7 Å². The molecular weight excluding hydrogens is 418 g/mol. The first kappa shape index (κ1) is 21.4. The maximum Gasteiger partial charge on any atom is 0.293 e. The number of carbonyl (C=O) groups excluding carboxylic acids is 2. The molecule has 0 unspecified atom stereocenters. The van der Waals surface area contributed by atoms with Gasteiger partial charge in [0.2, 0.25) is 0 Å². The summed E-state index contributed by atoms with van der Waals surface area (Å²) in [4.78, 5) is 42.0. The van der Waals surface area contributed by atoms with E-state index in [1.54, 1.807) is 36.4 Å². The lowest BCUT2D eigenvalue weighted by atomic mass is 10.0. The number of hydrogen-bond acceptors (Lipinski definition) is 6. The third kappa shape index (κ3) is 3.92. The fraction of sp³-hybridized carbons (Fsp3) is 0.385. The van der Waals surface area contributed by atoms with Crippen molar-refractivity contribution in [3.05, 3.63) is 68.8 Å². The largest absolute Gasteiger partial charge is 0.371 e. The minimum Gasteiger partial charge on any atom is -0.371 e. The van der Waals surface area contributed by atoms with E-state index < -0.39 is 0 Å². The van der Waals surface area contributed by atoms with Gasteiger partial charge in [-0.15, -0.1) is 0 Å². The number of nitrogens with zero attached hydrogens (tertiary/aromatic N) is 3. The molecule has 2 heterocycles. The second-order valence-corrected chi connectivity index (χ2v) is 9.01. The number of piperidine rings is 2. The lowest BCUT2D eigenvalue weighted by Crippen LogP contribution is -2.32. The van der Waals surface area contributed by atoms with E-state index in [1.807, 2.05) is 6.07 Å². The molecule has 0 spiro atoms. The second kappa shape index (κ2) is 8.81. The summed E-state index contributed by atoms with van der Waals surface area (Å²) >= 11 is 0. The number of hydrogen-bond donors (Lipinski definition) is 0. The summed E-state index contributed by atoms with van der Waals surface area (Å²) < 4.78 is 0. The molecule has 2 saturated heterocycles. The number of fused-ring (bicyclic) bond motifs is 1. The Morgan fingerprint density at radius 2 is 1.27 bits per heavy atom. The SMILES string of the molecule is O=C1C(=Cc2cc([N+](=O)[O-])c(N3CCCCC3)cc2N2CCCCC2)C(=O)c2ccccc21. The van der Waals surface area contributed by atoms with E-state index in [0.29, 0.717) is 22.4 Å². The lowest BCUT2D eigenvalue weighted by molar-refractivity contribution is -0.384. The van der Waals surface area contributed by atoms with Gasteiger partial charge in [-0.3, -0.25) is 19.7 Å². The van der Waals surface area contributed by atoms with Crippen molar-refractivity contribution in [2.24, 2.45) is 0 Å². The molecule has 0 aromatic heterocycles. The normalized spacial score (nSPS) is 18.5. The summed E-state index contributed by atoms with van der Waals surface area (Å²) in [7, 11) is 0. The van der Waals surface area contributed by atoms with Gasteiger partial charge in [0, 0.05) is 54.6 Å². The summed E-state index contributed by atoms with van der Waals surface area (Å²) in [6.07, 6.45) is 8.00. The number of nitro benzene ring substituents is 1. The van der Waals surface area contributed by atoms with Gasteiger partial charge in [0.15, 0.2) is 11.6 Å². The van der Waals surface area contributed by atoms with Crippen molar-refractivity contribution < 1.29 is 14.5 Å². The molecule has 0 bridgehead atoms. The van der Waals surface area contributed by atoms with Crippen molar-refractivity contribution >= 4 is 34.7 Å². The molecule has 5 rings (SSSR count). The zero-order chi connectivity index (χ0) is 22.9. The Labute approximate surface area is 192 Å². The Hall–Kier alpha value is -3.48. The van der Waals surface area contributed by atoms with E-state index in [0.717, 1.165) is 70.4 Å². The summed E-state index contributed by atoms with van der Waals surface area (Å²) in [6.45, 7) is 3.31. The van der Waals surface area contributed by atoms with Crippen molar-refractivity contribution in [1.82, 2.24) is 0 Å². The molecule has 1 aliphatic carbocycles. The van der Waals surface area contributed by atoms with Crippen LogP contribution in [0.1, 0.15) is 64.8 Å². The van der Waals surface area contributed by atoms with Gasteiger partial charge in [-0.25, -0.2) is 0 Å². The Morgan fingerprint density at radius 1 is 0.758 bits per heavy atom. The Bertz CT molecular complexity index is 1120. The highest BCUT2D eigenvalue weighted by molar-refractivity contribution is 6.41. The first-order valence-corrected chi connectivity index (χ1v) is 11.8. The molecular formula is C26H27N3O4. The molecule has 2 aliphatic heterocycles. The van der Waals surface area contributed by atoms with Gasteiger partial charge in [0.25, 0.3) is 5.69 Å². The maximum absolute atomic E-state index is 13.0. The molecule has 2 fully saturated rings. The Morgan fingerprint density at radius 3 is 1.79 bits per heavy atom. The Kier molecular flexibility index (Phi) is 5.70. The van der Waals surface area contributed by atoms with E-state index in [4.69, 9.17) is 0 Å². The maximum atomic E-state index is 13.0. The molecule has 0 atom stereocenters. The predicted octanol–water partition coefficient (Wildman–Crippen LogP) is 5.04. The van der Waals surface area contributed by atoms with Gasteiger partial charge in [-0.1, -0.05) is 24.3 Å². The van der Waals surface area contributed by atoms with Crippen LogP contribution in [0.5, 0.6) is 0 Å². The zero-order valence-electron chi connectivity index (χ0n) is 18.6. The first-order chi connectivity index (χ1) is 16.0. The quantitative estimate of drug-likeness (QED) is 0.284. The van der Waals surface area contributed by atoms with Gasteiger partial charge in [-0.2, -0.15) is 0 Å². The van der Waals surface area contributed by atoms with Crippen molar-refractivity contribution in [2.75, 3.05) is 36.0 Å². The number of benzene rings is 2. The van der Waals surface area contributed by atoms with E-state index in [1.165, 1.54) is 0 Å². The molecule has 33 heavy (non-hydrogen) atoms. The van der Waals surface area contributed by atoms with Crippen LogP contribution in [0.2, 0.25) is 0 Å². The summed E-state index contributed by atoms with van der Waals surface area (Å²) in [5.41, 5.74) is 2.96. The van der Waals surface area contributed by atoms with Crippen LogP contribution in [0.25, 0.3) is 6.08 Å². The number of nitro groups is 1. The smallest absolute Gasteiger partial charge is 0.293 e. The van der Waals surface area contributed by atoms with Gasteiger partial charge >= 0.3 is 0 Å². The number of rotatable bonds is 4. The summed E-state index contributed by atoms with van der Waals surface area (Å²) in [5, 5.41) is 12.1. The van der Waals surface area contributed by atoms with Gasteiger partial charge in [0.05, 0.1) is 10.5 Å². The molecule has 2 aromatic carbocycles. The van der Waals surface area contributed by atoms with Crippen LogP contribution in [-0.2, 0) is 0 Å². The number of Topliss-reactive ketones (excluding diaryl/α,β-unsaturated/α-hetero) is 2. The molecule has 7 nitrogen and oxygen atoms in total. The molecule has 3 aliphatic rings. The molecule has 2 aromatic rings. The van der Waals surface area contributed by atoms with Gasteiger partial charge in [-0.05, 0) is 50.7 Å². The zero-order valence-corrected chi connectivity index (χ0v) is 18.6. The van der Waals surface area contributed by atoms with Crippen LogP contribution in [-0.4, -0.2) is 42.7 Å². The second-order valence-electron chi connectivity index (χ2n) is 9.01. The van der Waals surface area contributed by atoms with Crippen LogP contribution in [0.4, 0.5) is 17.1 Å². The minimum atomic E-state index is -0.348. The minimum absolute atomic E-state index is 0.0277. The summed E-state index contributed by atoms with van der Waals surface area (Å²) in [5.74, 6) is -0.633. The molecule has 0 radical (unpaired) electrons. The molecule has 0 amide bonds. The first-order valence-electron chi connectivity index (χ1n) is 11.8. The van der Waals surface area contributed by atoms with Crippen molar-refractivity contribution in [3.8, 4) is 0 Å². The summed E-state index contributed by atoms with van der Waals surface area (Å²) in [6, 6.07) is 10.3. The third-order valence-corrected chi connectivity index (χ3v) is 6.92. The van der Waals surface area contributed by atoms with Crippen molar-refractivity contribution in [1.29, 1.82) is 0 Å². The van der Waals surface area contributed by atoms with Crippen LogP contribution >= 0.6 is 0 Å². The van der Waals surface area contributed by atoms with Gasteiger partial charge < -0.3 is 9.80 Å². The van der Waals surface area contributed by atoms with Crippen LogP contribution in [0, 0.1) is 10.1 Å². The van der Waals surface area contributed by atoms with Crippen molar-refractivity contribution in [2.45, 2.75) is 38.5 Å².